The molecule has 0 spiro atoms. The van der Waals surface area contributed by atoms with E-state index >= 15 is 0 Å². The Morgan fingerprint density at radius 2 is 2.05 bits per heavy atom. The molecule has 22 heavy (non-hydrogen) atoms. The summed E-state index contributed by atoms with van der Waals surface area (Å²) in [6, 6.07) is 10.1. The molecule has 0 aromatic heterocycles. The van der Waals surface area contributed by atoms with Crippen LogP contribution in [0.3, 0.4) is 0 Å². The van der Waals surface area contributed by atoms with Crippen molar-refractivity contribution in [3.63, 3.8) is 0 Å². The van der Waals surface area contributed by atoms with Crippen molar-refractivity contribution in [1.82, 2.24) is 0 Å². The quantitative estimate of drug-likeness (QED) is 0.392. The Kier molecular flexibility index (Phi) is 6.85. The van der Waals surface area contributed by atoms with E-state index in [0.717, 1.165) is 49.5 Å². The first kappa shape index (κ1) is 16.4. The van der Waals surface area contributed by atoms with Crippen LogP contribution in [-0.2, 0) is 16.1 Å². The van der Waals surface area contributed by atoms with Gasteiger partial charge in [-0.25, -0.2) is 0 Å². The molecule has 1 aliphatic carbocycles. The molecule has 2 nitrogen and oxygen atoms in total. The van der Waals surface area contributed by atoms with E-state index in [0.29, 0.717) is 6.61 Å². The maximum atomic E-state index is 11.3. The molecule has 0 saturated heterocycles. The minimum absolute atomic E-state index is 0.0331. The van der Waals surface area contributed by atoms with Crippen LogP contribution >= 0.6 is 0 Å². The van der Waals surface area contributed by atoms with E-state index in [4.69, 9.17) is 4.74 Å². The van der Waals surface area contributed by atoms with Crippen molar-refractivity contribution in [2.75, 3.05) is 0 Å². The van der Waals surface area contributed by atoms with Gasteiger partial charge in [-0.15, -0.1) is 6.58 Å². The molecule has 1 aromatic rings. The van der Waals surface area contributed by atoms with Gasteiger partial charge in [-0.3, -0.25) is 4.79 Å². The first-order valence-corrected chi connectivity index (χ1v) is 7.96. The molecule has 2 heteroatoms. The van der Waals surface area contributed by atoms with Gasteiger partial charge in [0.05, 0.1) is 12.7 Å². The molecule has 0 heterocycles. The van der Waals surface area contributed by atoms with Crippen molar-refractivity contribution in [3.05, 3.63) is 71.8 Å². The van der Waals surface area contributed by atoms with Crippen LogP contribution in [0.25, 0.3) is 0 Å². The number of benzene rings is 1. The van der Waals surface area contributed by atoms with Gasteiger partial charge in [0.15, 0.2) is 0 Å². The molecule has 0 aliphatic heterocycles. The van der Waals surface area contributed by atoms with Crippen LogP contribution < -0.4 is 0 Å². The molecule has 1 aromatic carbocycles. The van der Waals surface area contributed by atoms with Gasteiger partial charge in [0.25, 0.3) is 0 Å². The molecular weight excluding hydrogens is 272 g/mol. The van der Waals surface area contributed by atoms with Crippen LogP contribution in [0.4, 0.5) is 0 Å². The Hall–Kier alpha value is -1.93. The third-order valence-electron chi connectivity index (χ3n) is 3.87. The number of allylic oxidation sites excluding steroid dienone is 4. The van der Waals surface area contributed by atoms with E-state index in [-0.39, 0.29) is 6.10 Å². The monoisotopic (exact) mass is 296 g/mol. The normalized spacial score (nSPS) is 19.7. The van der Waals surface area contributed by atoms with E-state index in [9.17, 15) is 4.79 Å². The Morgan fingerprint density at radius 3 is 2.77 bits per heavy atom. The second-order valence-electron chi connectivity index (χ2n) is 5.56. The highest BCUT2D eigenvalue weighted by Gasteiger charge is 2.17. The number of unbranched alkanes of at least 4 members (excludes halogenated alkanes) is 2. The third-order valence-corrected chi connectivity index (χ3v) is 3.87. The van der Waals surface area contributed by atoms with Crippen LogP contribution in [0.15, 0.2) is 66.3 Å². The SMILES string of the molecule is C=CCCC/C=C1\CC[C@H](OCc2ccccc2)C=C1C=O. The summed E-state index contributed by atoms with van der Waals surface area (Å²) in [6.07, 6.45) is 12.1. The second-order valence-corrected chi connectivity index (χ2v) is 5.56. The first-order valence-electron chi connectivity index (χ1n) is 7.96. The average Bonchev–Trinajstić information content (AvgIpc) is 2.58. The van der Waals surface area contributed by atoms with Crippen molar-refractivity contribution in [2.45, 2.75) is 44.8 Å². The molecule has 116 valence electrons. The number of ether oxygens (including phenoxy) is 1. The lowest BCUT2D eigenvalue weighted by molar-refractivity contribution is -0.104. The molecule has 0 N–H and O–H groups in total. The summed E-state index contributed by atoms with van der Waals surface area (Å²) in [4.78, 5) is 11.3. The predicted molar refractivity (Wildman–Crippen MR) is 90.5 cm³/mol. The lowest BCUT2D eigenvalue weighted by Gasteiger charge is -2.22. The first-order chi connectivity index (χ1) is 10.8. The van der Waals surface area contributed by atoms with E-state index in [1.165, 1.54) is 5.57 Å². The Balaban J connectivity index is 1.90. The summed E-state index contributed by atoms with van der Waals surface area (Å²) < 4.78 is 5.92. The van der Waals surface area contributed by atoms with Gasteiger partial charge in [0.1, 0.15) is 6.29 Å². The van der Waals surface area contributed by atoms with E-state index in [1.54, 1.807) is 0 Å². The van der Waals surface area contributed by atoms with Crippen molar-refractivity contribution in [3.8, 4) is 0 Å². The zero-order valence-corrected chi connectivity index (χ0v) is 13.0. The molecule has 0 fully saturated rings. The van der Waals surface area contributed by atoms with Gasteiger partial charge in [-0.2, -0.15) is 0 Å². The van der Waals surface area contributed by atoms with Crippen LogP contribution in [-0.4, -0.2) is 12.4 Å². The smallest absolute Gasteiger partial charge is 0.150 e. The van der Waals surface area contributed by atoms with Crippen LogP contribution in [0.5, 0.6) is 0 Å². The Labute approximate surface area is 133 Å². The number of hydrogen-bond acceptors (Lipinski definition) is 2. The largest absolute Gasteiger partial charge is 0.369 e. The summed E-state index contributed by atoms with van der Waals surface area (Å²) in [5, 5.41) is 0. The van der Waals surface area contributed by atoms with Gasteiger partial charge in [0, 0.05) is 5.57 Å². The van der Waals surface area contributed by atoms with Gasteiger partial charge in [0.2, 0.25) is 0 Å². The van der Waals surface area contributed by atoms with Gasteiger partial charge in [-0.05, 0) is 49.3 Å². The Morgan fingerprint density at radius 1 is 1.23 bits per heavy atom. The molecule has 0 amide bonds. The summed E-state index contributed by atoms with van der Waals surface area (Å²) in [5.74, 6) is 0. The predicted octanol–water partition coefficient (Wildman–Crippen LogP) is 4.77. The molecule has 1 aliphatic rings. The maximum absolute atomic E-state index is 11.3. The lowest BCUT2D eigenvalue weighted by Crippen LogP contribution is -2.16. The molecular formula is C20H24O2. The number of rotatable bonds is 8. The number of carbonyl (C=O) groups is 1. The highest BCUT2D eigenvalue weighted by atomic mass is 16.5. The molecule has 0 saturated carbocycles. The van der Waals surface area contributed by atoms with Gasteiger partial charge >= 0.3 is 0 Å². The number of aldehydes is 1. The molecule has 0 unspecified atom stereocenters. The van der Waals surface area contributed by atoms with E-state index < -0.39 is 0 Å². The molecule has 1 atom stereocenters. The zero-order chi connectivity index (χ0) is 15.6. The van der Waals surface area contributed by atoms with Gasteiger partial charge < -0.3 is 4.74 Å². The molecule has 0 bridgehead atoms. The average molecular weight is 296 g/mol. The highest BCUT2D eigenvalue weighted by molar-refractivity contribution is 5.80. The minimum atomic E-state index is 0.0331. The fraction of sp³-hybridized carbons (Fsp3) is 0.350. The van der Waals surface area contributed by atoms with Gasteiger partial charge in [-0.1, -0.05) is 42.5 Å². The highest BCUT2D eigenvalue weighted by Crippen LogP contribution is 2.26. The molecule has 2 rings (SSSR count). The zero-order valence-electron chi connectivity index (χ0n) is 13.0. The summed E-state index contributed by atoms with van der Waals surface area (Å²) in [5.41, 5.74) is 3.12. The topological polar surface area (TPSA) is 26.3 Å². The van der Waals surface area contributed by atoms with Crippen molar-refractivity contribution in [2.24, 2.45) is 0 Å². The van der Waals surface area contributed by atoms with Crippen molar-refractivity contribution < 1.29 is 9.53 Å². The lowest BCUT2D eigenvalue weighted by atomic mass is 9.91. The summed E-state index contributed by atoms with van der Waals surface area (Å²) in [7, 11) is 0. The standard InChI is InChI=1S/C20H24O2/c1-2-3-4-8-11-18-12-13-20(14-19(18)15-21)22-16-17-9-6-5-7-10-17/h2,5-7,9-11,14-15,20H,1,3-4,8,12-13,16H2/b18-11+/t20-/m0/s1. The van der Waals surface area contributed by atoms with Crippen LogP contribution in [0.1, 0.15) is 37.7 Å². The van der Waals surface area contributed by atoms with Crippen molar-refractivity contribution in [1.29, 1.82) is 0 Å². The van der Waals surface area contributed by atoms with E-state index in [2.05, 4.69) is 24.8 Å². The van der Waals surface area contributed by atoms with Crippen LogP contribution in [0, 0.1) is 0 Å². The van der Waals surface area contributed by atoms with Crippen molar-refractivity contribution >= 4 is 6.29 Å². The number of hydrogen-bond donors (Lipinski definition) is 0. The third kappa shape index (κ3) is 5.12. The summed E-state index contributed by atoms with van der Waals surface area (Å²) in [6.45, 7) is 4.32. The van der Waals surface area contributed by atoms with E-state index in [1.807, 2.05) is 30.4 Å². The Bertz CT molecular complexity index is 540. The fourth-order valence-electron chi connectivity index (χ4n) is 2.62. The number of carbonyl (C=O) groups excluding carboxylic acids is 1. The van der Waals surface area contributed by atoms with Crippen LogP contribution in [0.2, 0.25) is 0 Å². The second kappa shape index (κ2) is 9.16. The fourth-order valence-corrected chi connectivity index (χ4v) is 2.62. The minimum Gasteiger partial charge on any atom is -0.369 e. The maximum Gasteiger partial charge on any atom is 0.150 e. The molecule has 0 radical (unpaired) electrons. The summed E-state index contributed by atoms with van der Waals surface area (Å²) >= 11 is 0.